The molecule has 1 N–H and O–H groups in total. The van der Waals surface area contributed by atoms with Gasteiger partial charge in [0.25, 0.3) is 0 Å². The lowest BCUT2D eigenvalue weighted by Gasteiger charge is -2.16. The van der Waals surface area contributed by atoms with Gasteiger partial charge < -0.3 is 0 Å². The van der Waals surface area contributed by atoms with Crippen molar-refractivity contribution in [2.24, 2.45) is 0 Å². The molecule has 0 saturated heterocycles. The first-order chi connectivity index (χ1) is 18.9. The van der Waals surface area contributed by atoms with Crippen molar-refractivity contribution in [2.45, 2.75) is 53.0 Å². The molecule has 3 aromatic heterocycles. The van der Waals surface area contributed by atoms with E-state index in [9.17, 15) is 9.59 Å². The van der Waals surface area contributed by atoms with Gasteiger partial charge in [-0.3, -0.25) is 18.9 Å². The molecule has 9 heteroatoms. The number of rotatable bonds is 9. The van der Waals surface area contributed by atoms with Gasteiger partial charge >= 0.3 is 5.69 Å². The van der Waals surface area contributed by atoms with Gasteiger partial charge in [0.1, 0.15) is 0 Å². The maximum Gasteiger partial charge on any atom is 0.333 e. The minimum atomic E-state index is -0.308. The number of ketones is 1. The number of pyridine rings is 1. The fraction of sp³-hybridized carbons (Fsp3) is 0.267. The number of hydrogen-bond donors (Lipinski definition) is 1. The van der Waals surface area contributed by atoms with Crippen molar-refractivity contribution < 1.29 is 4.79 Å². The molecule has 0 amide bonds. The van der Waals surface area contributed by atoms with Crippen LogP contribution in [0.5, 0.6) is 0 Å². The maximum absolute atomic E-state index is 13.9. The number of H-pyrrole nitrogens is 1. The van der Waals surface area contributed by atoms with E-state index in [1.54, 1.807) is 15.2 Å². The van der Waals surface area contributed by atoms with Crippen molar-refractivity contribution >= 4 is 5.78 Å². The van der Waals surface area contributed by atoms with Gasteiger partial charge in [0.2, 0.25) is 5.82 Å². The Labute approximate surface area is 226 Å². The van der Waals surface area contributed by atoms with Gasteiger partial charge in [0.05, 0.1) is 17.4 Å². The summed E-state index contributed by atoms with van der Waals surface area (Å²) in [7, 11) is 0. The van der Waals surface area contributed by atoms with Crippen LogP contribution in [0.1, 0.15) is 67.0 Å². The van der Waals surface area contributed by atoms with Crippen LogP contribution in [0.2, 0.25) is 0 Å². The second-order valence-corrected chi connectivity index (χ2v) is 9.70. The number of imidazole rings is 1. The van der Waals surface area contributed by atoms with Gasteiger partial charge in [-0.05, 0) is 62.1 Å². The van der Waals surface area contributed by atoms with Crippen molar-refractivity contribution in [3.63, 3.8) is 0 Å². The highest BCUT2D eigenvalue weighted by atomic mass is 16.2. The molecule has 0 spiro atoms. The Morgan fingerprint density at radius 1 is 1.05 bits per heavy atom. The van der Waals surface area contributed by atoms with Gasteiger partial charge in [-0.1, -0.05) is 55.8 Å². The van der Waals surface area contributed by atoms with Crippen molar-refractivity contribution in [3.05, 3.63) is 100.0 Å². The lowest BCUT2D eigenvalue weighted by Crippen LogP contribution is -2.28. The Hall–Kier alpha value is -4.66. The summed E-state index contributed by atoms with van der Waals surface area (Å²) in [6, 6.07) is 17.0. The molecule has 3 heterocycles. The predicted molar refractivity (Wildman–Crippen MR) is 150 cm³/mol. The van der Waals surface area contributed by atoms with E-state index < -0.39 is 0 Å². The summed E-state index contributed by atoms with van der Waals surface area (Å²) in [4.78, 5) is 31.1. The molecule has 5 aromatic rings. The van der Waals surface area contributed by atoms with Crippen LogP contribution in [-0.2, 0) is 6.42 Å². The zero-order valence-electron chi connectivity index (χ0n) is 22.5. The van der Waals surface area contributed by atoms with Crippen molar-refractivity contribution in [2.75, 3.05) is 0 Å². The molecule has 0 saturated carbocycles. The number of benzene rings is 2. The smallest absolute Gasteiger partial charge is 0.294 e. The molecule has 5 rings (SSSR count). The van der Waals surface area contributed by atoms with Crippen molar-refractivity contribution in [1.29, 1.82) is 0 Å². The predicted octanol–water partition coefficient (Wildman–Crippen LogP) is 5.34. The fourth-order valence-corrected chi connectivity index (χ4v) is 5.04. The van der Waals surface area contributed by atoms with Gasteiger partial charge in [0.15, 0.2) is 5.78 Å². The number of unbranched alkanes of at least 4 members (excludes halogenated alkanes) is 1. The molecule has 9 nitrogen and oxygen atoms in total. The Balaban J connectivity index is 1.56. The maximum atomic E-state index is 13.9. The number of aryl methyl sites for hydroxylation is 2. The summed E-state index contributed by atoms with van der Waals surface area (Å²) in [6.45, 7) is 7.57. The summed E-state index contributed by atoms with van der Waals surface area (Å²) < 4.78 is 3.43. The third-order valence-electron chi connectivity index (χ3n) is 7.07. The molecule has 39 heavy (non-hydrogen) atoms. The zero-order valence-corrected chi connectivity index (χ0v) is 22.5. The molecule has 0 aliphatic rings. The summed E-state index contributed by atoms with van der Waals surface area (Å²) >= 11 is 0. The highest BCUT2D eigenvalue weighted by molar-refractivity contribution is 5.98. The molecule has 1 atom stereocenters. The highest BCUT2D eigenvalue weighted by Crippen LogP contribution is 2.30. The first-order valence-corrected chi connectivity index (χ1v) is 13.1. The standard InChI is InChI=1S/C30H31N7O2/c1-5-6-11-23-18-36(28-19(2)10-9-14-24(28)21(4)38)30(39)37(23)20(3)27-16-15-22(17-31-27)25-12-7-8-13-26(25)29-32-34-35-33-29/h7-10,12-18,20H,5-6,11H2,1-4H3,(H,32,33,34,35). The number of Topliss-reactive ketones (excluding diaryl/α,β-unsaturated/α-hetero) is 1. The third kappa shape index (κ3) is 4.95. The quantitative estimate of drug-likeness (QED) is 0.262. The number of aromatic nitrogens is 7. The summed E-state index contributed by atoms with van der Waals surface area (Å²) in [5.41, 5.74) is 6.25. The molecule has 0 fully saturated rings. The third-order valence-corrected chi connectivity index (χ3v) is 7.07. The fourth-order valence-electron chi connectivity index (χ4n) is 5.04. The van der Waals surface area contributed by atoms with Gasteiger partial charge in [-0.15, -0.1) is 10.2 Å². The molecule has 2 aromatic carbocycles. The molecule has 0 radical (unpaired) electrons. The summed E-state index contributed by atoms with van der Waals surface area (Å²) in [5.74, 6) is 0.438. The monoisotopic (exact) mass is 521 g/mol. The normalized spacial score (nSPS) is 12.0. The van der Waals surface area contributed by atoms with Crippen LogP contribution in [0.4, 0.5) is 0 Å². The van der Waals surface area contributed by atoms with E-state index in [4.69, 9.17) is 4.98 Å². The van der Waals surface area contributed by atoms with Crippen LogP contribution in [0.3, 0.4) is 0 Å². The number of carbonyl (C=O) groups excluding carboxylic acids is 1. The first kappa shape index (κ1) is 26.0. The lowest BCUT2D eigenvalue weighted by molar-refractivity contribution is 0.101. The minimum Gasteiger partial charge on any atom is -0.294 e. The number of nitrogens with zero attached hydrogens (tertiary/aromatic N) is 6. The van der Waals surface area contributed by atoms with Crippen molar-refractivity contribution in [1.82, 2.24) is 34.7 Å². The topological polar surface area (TPSA) is 111 Å². The Bertz CT molecular complexity index is 1660. The van der Waals surface area contributed by atoms with E-state index in [0.29, 0.717) is 17.1 Å². The van der Waals surface area contributed by atoms with Crippen molar-refractivity contribution in [3.8, 4) is 28.2 Å². The van der Waals surface area contributed by atoms with E-state index in [1.165, 1.54) is 6.92 Å². The Morgan fingerprint density at radius 2 is 1.85 bits per heavy atom. The van der Waals surface area contributed by atoms with E-state index in [2.05, 4.69) is 27.5 Å². The summed E-state index contributed by atoms with van der Waals surface area (Å²) in [6.07, 6.45) is 6.40. The van der Waals surface area contributed by atoms with E-state index in [-0.39, 0.29) is 17.5 Å². The second kappa shape index (κ2) is 11.0. The van der Waals surface area contributed by atoms with Gasteiger partial charge in [0, 0.05) is 34.8 Å². The van der Waals surface area contributed by atoms with Crippen LogP contribution < -0.4 is 5.69 Å². The first-order valence-electron chi connectivity index (χ1n) is 13.1. The summed E-state index contributed by atoms with van der Waals surface area (Å²) in [5, 5.41) is 14.4. The lowest BCUT2D eigenvalue weighted by atomic mass is 10.00. The average Bonchev–Trinajstić information content (AvgIpc) is 3.60. The number of tetrazole rings is 1. The Kier molecular flexibility index (Phi) is 7.31. The van der Waals surface area contributed by atoms with Crippen LogP contribution in [-0.4, -0.2) is 40.5 Å². The van der Waals surface area contributed by atoms with E-state index in [1.807, 2.05) is 74.8 Å². The molecule has 0 aliphatic carbocycles. The van der Waals surface area contributed by atoms with Crippen LogP contribution in [0, 0.1) is 6.92 Å². The van der Waals surface area contributed by atoms with Crippen LogP contribution >= 0.6 is 0 Å². The van der Waals surface area contributed by atoms with Crippen LogP contribution in [0.25, 0.3) is 28.2 Å². The highest BCUT2D eigenvalue weighted by Gasteiger charge is 2.22. The molecule has 0 aliphatic heterocycles. The number of nitrogens with one attached hydrogen (secondary N) is 1. The number of hydrogen-bond acceptors (Lipinski definition) is 6. The number of carbonyl (C=O) groups is 1. The SMILES string of the molecule is CCCCc1cn(-c2c(C)cccc2C(C)=O)c(=O)n1C(C)c1ccc(-c2ccccc2-c2nn[nH]n2)cn1. The molecule has 198 valence electrons. The number of aromatic amines is 1. The van der Waals surface area contributed by atoms with E-state index in [0.717, 1.165) is 52.9 Å². The molecule has 1 unspecified atom stereocenters. The largest absolute Gasteiger partial charge is 0.333 e. The molecule has 0 bridgehead atoms. The molecular weight excluding hydrogens is 490 g/mol. The Morgan fingerprint density at radius 3 is 2.51 bits per heavy atom. The minimum absolute atomic E-state index is 0.0742. The average molecular weight is 522 g/mol. The second-order valence-electron chi connectivity index (χ2n) is 9.70. The van der Waals surface area contributed by atoms with Gasteiger partial charge in [-0.2, -0.15) is 5.21 Å². The molecular formula is C30H31N7O2. The van der Waals surface area contributed by atoms with Gasteiger partial charge in [-0.25, -0.2) is 4.79 Å². The number of para-hydroxylation sites is 1. The zero-order chi connectivity index (χ0) is 27.5. The van der Waals surface area contributed by atoms with Crippen LogP contribution in [0.15, 0.2) is 71.8 Å². The van der Waals surface area contributed by atoms with E-state index >= 15 is 0 Å².